The highest BCUT2D eigenvalue weighted by Crippen LogP contribution is 2.18. The highest BCUT2D eigenvalue weighted by molar-refractivity contribution is 5.76. The average molecular weight is 263 g/mol. The van der Waals surface area contributed by atoms with Crippen LogP contribution in [-0.2, 0) is 0 Å². The van der Waals surface area contributed by atoms with Crippen LogP contribution < -0.4 is 10.5 Å². The van der Waals surface area contributed by atoms with Gasteiger partial charge in [-0.1, -0.05) is 12.1 Å². The van der Waals surface area contributed by atoms with Crippen LogP contribution >= 0.6 is 0 Å². The number of nitrogens with two attached hydrogens (primary N) is 1. The van der Waals surface area contributed by atoms with E-state index in [1.807, 2.05) is 38.2 Å². The van der Waals surface area contributed by atoms with E-state index < -0.39 is 0 Å². The van der Waals surface area contributed by atoms with Crippen molar-refractivity contribution in [1.82, 2.24) is 9.80 Å². The third-order valence-corrected chi connectivity index (χ3v) is 3.34. The van der Waals surface area contributed by atoms with E-state index in [1.165, 1.54) is 0 Å². The molecule has 1 aliphatic heterocycles. The Bertz CT molecular complexity index is 433. The summed E-state index contributed by atoms with van der Waals surface area (Å²) in [5.41, 5.74) is 7.17. The number of amides is 2. The van der Waals surface area contributed by atoms with Crippen LogP contribution in [0.15, 0.2) is 24.3 Å². The zero-order chi connectivity index (χ0) is 13.8. The fourth-order valence-electron chi connectivity index (χ4n) is 2.19. The quantitative estimate of drug-likeness (QED) is 0.874. The molecule has 1 saturated heterocycles. The third kappa shape index (κ3) is 3.17. The maximum atomic E-state index is 11.8. The van der Waals surface area contributed by atoms with Crippen molar-refractivity contribution in [1.29, 1.82) is 0 Å². The molecule has 1 aromatic rings. The van der Waals surface area contributed by atoms with E-state index in [1.54, 1.807) is 9.80 Å². The van der Waals surface area contributed by atoms with Crippen LogP contribution in [0.4, 0.5) is 4.79 Å². The second-order valence-electron chi connectivity index (χ2n) is 4.76. The SMILES string of the molecule is CCOc1ccc(C(N)CN2CCN(C)C2=O)cc1. The number of hydrogen-bond donors (Lipinski definition) is 1. The van der Waals surface area contributed by atoms with E-state index in [4.69, 9.17) is 10.5 Å². The summed E-state index contributed by atoms with van der Waals surface area (Å²) in [6, 6.07) is 7.64. The van der Waals surface area contributed by atoms with Gasteiger partial charge >= 0.3 is 6.03 Å². The van der Waals surface area contributed by atoms with Gasteiger partial charge in [0.05, 0.1) is 6.61 Å². The minimum absolute atomic E-state index is 0.0568. The van der Waals surface area contributed by atoms with Crippen LogP contribution in [0.25, 0.3) is 0 Å². The molecule has 1 fully saturated rings. The molecule has 2 amide bonds. The molecule has 5 nitrogen and oxygen atoms in total. The van der Waals surface area contributed by atoms with Gasteiger partial charge in [0.15, 0.2) is 0 Å². The Morgan fingerprint density at radius 1 is 1.32 bits per heavy atom. The molecule has 2 N–H and O–H groups in total. The Hall–Kier alpha value is -1.75. The number of benzene rings is 1. The molecule has 0 radical (unpaired) electrons. The van der Waals surface area contributed by atoms with Crippen molar-refractivity contribution in [2.24, 2.45) is 5.73 Å². The molecule has 1 aromatic carbocycles. The van der Waals surface area contributed by atoms with Crippen LogP contribution in [0.2, 0.25) is 0 Å². The largest absolute Gasteiger partial charge is 0.494 e. The summed E-state index contributed by atoms with van der Waals surface area (Å²) in [7, 11) is 1.81. The highest BCUT2D eigenvalue weighted by Gasteiger charge is 2.26. The first-order valence-electron chi connectivity index (χ1n) is 6.60. The molecule has 1 aliphatic rings. The minimum atomic E-state index is -0.161. The highest BCUT2D eigenvalue weighted by atomic mass is 16.5. The monoisotopic (exact) mass is 263 g/mol. The zero-order valence-electron chi connectivity index (χ0n) is 11.5. The average Bonchev–Trinajstić information content (AvgIpc) is 2.72. The molecule has 1 atom stereocenters. The number of urea groups is 1. The van der Waals surface area contributed by atoms with Crippen molar-refractivity contribution in [2.45, 2.75) is 13.0 Å². The Labute approximate surface area is 113 Å². The van der Waals surface area contributed by atoms with Gasteiger partial charge < -0.3 is 20.3 Å². The number of likely N-dealkylation sites (N-methyl/N-ethyl adjacent to an activating group) is 1. The van der Waals surface area contributed by atoms with E-state index in [2.05, 4.69) is 0 Å². The van der Waals surface area contributed by atoms with Crippen molar-refractivity contribution >= 4 is 6.03 Å². The third-order valence-electron chi connectivity index (χ3n) is 3.34. The van der Waals surface area contributed by atoms with Crippen LogP contribution in [0.3, 0.4) is 0 Å². The van der Waals surface area contributed by atoms with E-state index in [0.29, 0.717) is 13.2 Å². The summed E-state index contributed by atoms with van der Waals surface area (Å²) < 4.78 is 5.39. The second kappa shape index (κ2) is 5.93. The fourth-order valence-corrected chi connectivity index (χ4v) is 2.19. The Morgan fingerprint density at radius 2 is 2.00 bits per heavy atom. The van der Waals surface area contributed by atoms with Crippen molar-refractivity contribution in [3.05, 3.63) is 29.8 Å². The fraction of sp³-hybridized carbons (Fsp3) is 0.500. The van der Waals surface area contributed by atoms with E-state index in [0.717, 1.165) is 24.4 Å². The number of nitrogens with zero attached hydrogens (tertiary/aromatic N) is 2. The molecule has 0 aliphatic carbocycles. The van der Waals surface area contributed by atoms with E-state index >= 15 is 0 Å². The molecule has 2 rings (SSSR count). The molecule has 0 saturated carbocycles. The first-order chi connectivity index (χ1) is 9.11. The van der Waals surface area contributed by atoms with Crippen molar-refractivity contribution < 1.29 is 9.53 Å². The van der Waals surface area contributed by atoms with E-state index in [9.17, 15) is 4.79 Å². The van der Waals surface area contributed by atoms with Gasteiger partial charge in [-0.3, -0.25) is 0 Å². The van der Waals surface area contributed by atoms with Crippen LogP contribution in [0, 0.1) is 0 Å². The topological polar surface area (TPSA) is 58.8 Å². The van der Waals surface area contributed by atoms with Gasteiger partial charge in [-0.15, -0.1) is 0 Å². The summed E-state index contributed by atoms with van der Waals surface area (Å²) >= 11 is 0. The molecule has 5 heteroatoms. The summed E-state index contributed by atoms with van der Waals surface area (Å²) in [5, 5.41) is 0. The number of carbonyl (C=O) groups excluding carboxylic acids is 1. The van der Waals surface area contributed by atoms with Crippen molar-refractivity contribution in [3.8, 4) is 5.75 Å². The first kappa shape index (κ1) is 13.7. The molecular formula is C14H21N3O2. The molecule has 0 aromatic heterocycles. The number of hydrogen-bond acceptors (Lipinski definition) is 3. The summed E-state index contributed by atoms with van der Waals surface area (Å²) in [4.78, 5) is 15.3. The molecule has 1 unspecified atom stereocenters. The molecule has 19 heavy (non-hydrogen) atoms. The summed E-state index contributed by atoms with van der Waals surface area (Å²) in [5.74, 6) is 0.843. The lowest BCUT2D eigenvalue weighted by molar-refractivity contribution is 0.196. The van der Waals surface area contributed by atoms with Gasteiger partial charge in [-0.2, -0.15) is 0 Å². The number of rotatable bonds is 5. The van der Waals surface area contributed by atoms with Gasteiger partial charge in [-0.25, -0.2) is 4.79 Å². The molecule has 1 heterocycles. The van der Waals surface area contributed by atoms with Crippen LogP contribution in [0.1, 0.15) is 18.5 Å². The molecule has 0 bridgehead atoms. The maximum absolute atomic E-state index is 11.8. The number of carbonyl (C=O) groups is 1. The van der Waals surface area contributed by atoms with Gasteiger partial charge in [0, 0.05) is 32.7 Å². The van der Waals surface area contributed by atoms with Crippen molar-refractivity contribution in [3.63, 3.8) is 0 Å². The zero-order valence-corrected chi connectivity index (χ0v) is 11.5. The Kier molecular flexibility index (Phi) is 4.27. The van der Waals surface area contributed by atoms with Crippen molar-refractivity contribution in [2.75, 3.05) is 33.3 Å². The number of ether oxygens (including phenoxy) is 1. The van der Waals surface area contributed by atoms with Gasteiger partial charge in [-0.05, 0) is 24.6 Å². The van der Waals surface area contributed by atoms with Gasteiger partial charge in [0.1, 0.15) is 5.75 Å². The predicted molar refractivity (Wildman–Crippen MR) is 74.1 cm³/mol. The molecular weight excluding hydrogens is 242 g/mol. The lowest BCUT2D eigenvalue weighted by atomic mass is 10.1. The summed E-state index contributed by atoms with van der Waals surface area (Å²) in [6.07, 6.45) is 0. The second-order valence-corrected chi connectivity index (χ2v) is 4.76. The predicted octanol–water partition coefficient (Wildman–Crippen LogP) is 1.45. The van der Waals surface area contributed by atoms with Crippen LogP contribution in [0.5, 0.6) is 5.75 Å². The standard InChI is InChI=1S/C14H21N3O2/c1-3-19-12-6-4-11(5-7-12)13(15)10-17-9-8-16(2)14(17)18/h4-7,13H,3,8-10,15H2,1-2H3. The van der Waals surface area contributed by atoms with E-state index in [-0.39, 0.29) is 12.1 Å². The molecule has 0 spiro atoms. The van der Waals surface area contributed by atoms with Gasteiger partial charge in [0.2, 0.25) is 0 Å². The normalized spacial score (nSPS) is 16.9. The first-order valence-corrected chi connectivity index (χ1v) is 6.60. The Balaban J connectivity index is 1.96. The molecule has 104 valence electrons. The summed E-state index contributed by atoms with van der Waals surface area (Å²) in [6.45, 7) is 4.68. The lowest BCUT2D eigenvalue weighted by Gasteiger charge is -2.21. The Morgan fingerprint density at radius 3 is 2.53 bits per heavy atom. The minimum Gasteiger partial charge on any atom is -0.494 e. The smallest absolute Gasteiger partial charge is 0.319 e. The van der Waals surface area contributed by atoms with Crippen LogP contribution in [-0.4, -0.2) is 49.1 Å². The van der Waals surface area contributed by atoms with Gasteiger partial charge in [0.25, 0.3) is 0 Å². The lowest BCUT2D eigenvalue weighted by Crippen LogP contribution is -2.35. The maximum Gasteiger partial charge on any atom is 0.319 e.